The molecule has 0 spiro atoms. The molecule has 0 rings (SSSR count). The summed E-state index contributed by atoms with van der Waals surface area (Å²) in [5.74, 6) is 0. The topological polar surface area (TPSA) is 28.5 Å². The van der Waals surface area contributed by atoms with Crippen molar-refractivity contribution in [3.8, 4) is 0 Å². The number of hydrogen-bond acceptors (Lipinski definition) is 0. The van der Waals surface area contributed by atoms with Crippen molar-refractivity contribution in [2.75, 3.05) is 0 Å². The molecule has 13 valence electrons. The van der Waals surface area contributed by atoms with Crippen LogP contribution in [0.15, 0.2) is 0 Å². The van der Waals surface area contributed by atoms with E-state index in [2.05, 4.69) is 0 Å². The maximum atomic E-state index is 0. The van der Waals surface area contributed by atoms with Crippen LogP contribution in [-0.2, 0) is 24.0 Å². The smallest absolute Gasteiger partial charge is 1.00 e. The maximum absolute atomic E-state index is 0. The van der Waals surface area contributed by atoms with Crippen molar-refractivity contribution in [2.45, 2.75) is 0 Å². The number of rotatable bonds is 0. The van der Waals surface area contributed by atoms with Gasteiger partial charge in [-0.15, -0.1) is 0 Å². The zero-order chi connectivity index (χ0) is 0. The summed E-state index contributed by atoms with van der Waals surface area (Å²) in [6.45, 7) is 0. The van der Waals surface area contributed by atoms with E-state index in [0.29, 0.717) is 0 Å². The molecular weight excluding hydrogens is 113 g/mol. The maximum Gasteiger partial charge on any atom is 1.00 e. The van der Waals surface area contributed by atoms with E-state index >= 15 is 0 Å². The Kier molecular flexibility index (Phi) is 137. The van der Waals surface area contributed by atoms with E-state index in [4.69, 9.17) is 0 Å². The van der Waals surface area contributed by atoms with Crippen LogP contribution in [0.3, 0.4) is 0 Å². The van der Waals surface area contributed by atoms with E-state index in [1.165, 1.54) is 0 Å². The third-order valence-corrected chi connectivity index (χ3v) is 0. The molecule has 0 unspecified atom stereocenters. The van der Waals surface area contributed by atoms with E-state index in [-0.39, 0.29) is 83.1 Å². The second-order valence-corrected chi connectivity index (χ2v) is 0. The molecule has 4 heavy (non-hydrogen) atoms. The number of hydrogen-bond donors (Lipinski definition) is 0. The molecule has 0 aliphatic carbocycles. The molecule has 1 nitrogen and oxygen atoms in total. The summed E-state index contributed by atoms with van der Waals surface area (Å²) in [7, 11) is 0. The Hall–Kier alpha value is 2.54. The van der Waals surface area contributed by atoms with Crippen LogP contribution in [0.1, 0.15) is 0 Å². The molecular formula is Na2OV. The van der Waals surface area contributed by atoms with Gasteiger partial charge in [0.15, 0.2) is 0 Å². The van der Waals surface area contributed by atoms with Gasteiger partial charge in [-0.25, -0.2) is 0 Å². The van der Waals surface area contributed by atoms with E-state index in [0.717, 1.165) is 0 Å². The van der Waals surface area contributed by atoms with Gasteiger partial charge >= 0.3 is 59.1 Å². The molecule has 0 bridgehead atoms. The van der Waals surface area contributed by atoms with Crippen LogP contribution >= 0.6 is 0 Å². The minimum absolute atomic E-state index is 0. The summed E-state index contributed by atoms with van der Waals surface area (Å²) in [5, 5.41) is 0. The predicted octanol–water partition coefficient (Wildman–Crippen LogP) is -6.11. The average Bonchev–Trinajstić information content (AvgIpc) is 0. The predicted molar refractivity (Wildman–Crippen MR) is 0.686 cm³/mol. The molecule has 0 amide bonds. The van der Waals surface area contributed by atoms with Crippen LogP contribution in [0, 0.1) is 0 Å². The molecule has 0 heterocycles. The minimum atomic E-state index is 0. The van der Waals surface area contributed by atoms with E-state index in [9.17, 15) is 0 Å². The summed E-state index contributed by atoms with van der Waals surface area (Å²) < 4.78 is 0. The van der Waals surface area contributed by atoms with Gasteiger partial charge in [-0.3, -0.25) is 0 Å². The normalized spacial score (nSPS) is 0. The van der Waals surface area contributed by atoms with Gasteiger partial charge in [0.1, 0.15) is 0 Å². The van der Waals surface area contributed by atoms with Crippen molar-refractivity contribution in [1.29, 1.82) is 0 Å². The van der Waals surface area contributed by atoms with Gasteiger partial charge in [0, 0.05) is 18.6 Å². The second-order valence-electron chi connectivity index (χ2n) is 0. The third-order valence-electron chi connectivity index (χ3n) is 0. The van der Waals surface area contributed by atoms with Crippen LogP contribution in [0.25, 0.3) is 0 Å². The standard InChI is InChI=1S/2Na.O.V/q2*+1;-2;. The summed E-state index contributed by atoms with van der Waals surface area (Å²) >= 11 is 0. The molecule has 4 heteroatoms. The monoisotopic (exact) mass is 113 g/mol. The first-order chi connectivity index (χ1) is 0. The molecule has 0 aliphatic heterocycles. The zero-order valence-corrected chi connectivity index (χ0v) is 8.25. The fourth-order valence-corrected chi connectivity index (χ4v) is 0. The zero-order valence-electron chi connectivity index (χ0n) is 2.86. The minimum Gasteiger partial charge on any atom is -2.00 e. The average molecular weight is 113 g/mol. The molecule has 0 saturated carbocycles. The first-order valence-corrected chi connectivity index (χ1v) is 0. The fraction of sp³-hybridized carbons (Fsp3) is 0. The van der Waals surface area contributed by atoms with Crippen LogP contribution in [-0.4, -0.2) is 0 Å². The molecule has 0 N–H and O–H groups in total. The molecule has 0 aromatic carbocycles. The van der Waals surface area contributed by atoms with E-state index < -0.39 is 0 Å². The van der Waals surface area contributed by atoms with Gasteiger partial charge in [-0.1, -0.05) is 0 Å². The fourth-order valence-electron chi connectivity index (χ4n) is 0. The SMILES string of the molecule is [Na+].[Na+].[O-2].[V]. The Bertz CT molecular complexity index is 6.00. The van der Waals surface area contributed by atoms with Gasteiger partial charge < -0.3 is 5.48 Å². The first kappa shape index (κ1) is 31.1. The summed E-state index contributed by atoms with van der Waals surface area (Å²) in [6, 6.07) is 0. The summed E-state index contributed by atoms with van der Waals surface area (Å²) in [4.78, 5) is 0. The Morgan fingerprint density at radius 3 is 0.750 bits per heavy atom. The Labute approximate surface area is 81.7 Å². The van der Waals surface area contributed by atoms with Crippen LogP contribution < -0.4 is 59.1 Å². The summed E-state index contributed by atoms with van der Waals surface area (Å²) in [5.41, 5.74) is 0. The van der Waals surface area contributed by atoms with Crippen molar-refractivity contribution in [3.05, 3.63) is 0 Å². The molecule has 1 radical (unpaired) electrons. The summed E-state index contributed by atoms with van der Waals surface area (Å²) in [6.07, 6.45) is 0. The van der Waals surface area contributed by atoms with Crippen LogP contribution in [0.4, 0.5) is 0 Å². The molecule has 0 fully saturated rings. The van der Waals surface area contributed by atoms with Gasteiger partial charge in [0.25, 0.3) is 0 Å². The van der Waals surface area contributed by atoms with Crippen LogP contribution in [0.2, 0.25) is 0 Å². The van der Waals surface area contributed by atoms with Crippen molar-refractivity contribution in [1.82, 2.24) is 0 Å². The Morgan fingerprint density at radius 2 is 0.750 bits per heavy atom. The molecule has 0 saturated heterocycles. The molecule has 0 aromatic heterocycles. The van der Waals surface area contributed by atoms with Crippen LogP contribution in [0.5, 0.6) is 0 Å². The quantitative estimate of drug-likeness (QED) is 0.280. The van der Waals surface area contributed by atoms with Gasteiger partial charge in [0.05, 0.1) is 0 Å². The Balaban J connectivity index is 0. The molecule has 0 aromatic rings. The van der Waals surface area contributed by atoms with Crippen molar-refractivity contribution >= 4 is 0 Å². The van der Waals surface area contributed by atoms with Crippen molar-refractivity contribution in [3.63, 3.8) is 0 Å². The second kappa shape index (κ2) is 17.7. The van der Waals surface area contributed by atoms with Crippen molar-refractivity contribution < 1.29 is 83.1 Å². The third kappa shape index (κ3) is 8.82. The first-order valence-electron chi connectivity index (χ1n) is 0. The molecule has 0 atom stereocenters. The van der Waals surface area contributed by atoms with E-state index in [1.54, 1.807) is 0 Å². The Morgan fingerprint density at radius 1 is 0.750 bits per heavy atom. The van der Waals surface area contributed by atoms with Gasteiger partial charge in [-0.2, -0.15) is 0 Å². The van der Waals surface area contributed by atoms with E-state index in [1.807, 2.05) is 0 Å². The largest absolute Gasteiger partial charge is 2.00 e. The van der Waals surface area contributed by atoms with Gasteiger partial charge in [0.2, 0.25) is 0 Å². The molecule has 0 aliphatic rings. The van der Waals surface area contributed by atoms with Gasteiger partial charge in [-0.05, 0) is 0 Å². The van der Waals surface area contributed by atoms with Crippen molar-refractivity contribution in [2.24, 2.45) is 0 Å².